The number of benzene rings is 4. The Labute approximate surface area is 826 Å². The van der Waals surface area contributed by atoms with Crippen molar-refractivity contribution in [3.8, 4) is 68.8 Å². The number of anilines is 2. The molecule has 0 spiro atoms. The van der Waals surface area contributed by atoms with Crippen LogP contribution in [0.15, 0.2) is 152 Å². The lowest BCUT2D eigenvalue weighted by atomic mass is 10.0. The smallest absolute Gasteiger partial charge is 0.433 e. The number of nitrogens with zero attached hydrogens (tertiary/aromatic N) is 16. The molecule has 1 saturated carbocycles. The minimum Gasteiger partial charge on any atom is -0.494 e. The highest BCUT2D eigenvalue weighted by Gasteiger charge is 2.44. The molecular weight excluding hydrogens is 1950 g/mol. The zero-order chi connectivity index (χ0) is 105. The summed E-state index contributed by atoms with van der Waals surface area (Å²) in [6, 6.07) is 20.6. The Hall–Kier alpha value is -15.9. The first kappa shape index (κ1) is 104. The predicted molar refractivity (Wildman–Crippen MR) is 504 cm³/mol. The van der Waals surface area contributed by atoms with E-state index in [2.05, 4.69) is 81.1 Å². The third-order valence-corrected chi connectivity index (χ3v) is 24.3. The van der Waals surface area contributed by atoms with Crippen LogP contribution in [0.1, 0.15) is 173 Å². The highest BCUT2D eigenvalue weighted by Crippen LogP contribution is 2.45. The Bertz CT molecular complexity index is 7090. The molecule has 5 aliphatic rings. The van der Waals surface area contributed by atoms with Gasteiger partial charge in [-0.25, -0.2) is 59.8 Å². The number of amides is 6. The van der Waals surface area contributed by atoms with Crippen LogP contribution in [-0.4, -0.2) is 210 Å². The van der Waals surface area contributed by atoms with Gasteiger partial charge in [0.2, 0.25) is 47.3 Å². The monoisotopic (exact) mass is 2050 g/mol. The fourth-order valence-electron chi connectivity index (χ4n) is 16.6. The predicted octanol–water partition coefficient (Wildman–Crippen LogP) is 13.9. The third kappa shape index (κ3) is 22.5. The number of aromatic nitrogens is 12. The van der Waals surface area contributed by atoms with Crippen molar-refractivity contribution in [1.29, 1.82) is 0 Å². The number of alkyl halides is 12. The maximum absolute atomic E-state index is 13.3. The molecule has 10 aromatic heterocycles. The van der Waals surface area contributed by atoms with E-state index in [-0.39, 0.29) is 162 Å². The Morgan fingerprint density at radius 2 is 0.612 bits per heavy atom. The number of hydrogen-bond donors (Lipinski definition) is 8. The fraction of sp³-hybridized carbons (Fsp3) is 0.361. The molecule has 14 aromatic rings. The van der Waals surface area contributed by atoms with Crippen molar-refractivity contribution in [2.24, 2.45) is 34.8 Å². The molecule has 6 amide bonds. The first-order valence-electron chi connectivity index (χ1n) is 45.9. The van der Waals surface area contributed by atoms with Gasteiger partial charge in [-0.15, -0.1) is 0 Å². The van der Waals surface area contributed by atoms with Crippen molar-refractivity contribution in [1.82, 2.24) is 90.9 Å². The summed E-state index contributed by atoms with van der Waals surface area (Å²) in [4.78, 5) is 133. The largest absolute Gasteiger partial charge is 0.494 e. The number of fused-ring (bicyclic) bond motifs is 4. The molecule has 12 N–H and O–H groups in total. The maximum Gasteiger partial charge on any atom is 0.433 e. The lowest BCUT2D eigenvalue weighted by Gasteiger charge is -2.40. The molecule has 772 valence electrons. The SMILES string of the molecule is COc1ccc(-c2nc(C(=O)NC3CN(C(=O)C(C)C)C3)c([C@H](C)N)o2)c2ccc(C(F)(F)F)nc12.COc1ccc(-c2nc(C(=O)NC3CN(C(=O)C4CC4)C3)c([C@H](C)N)o2)c2ccc(C(F)(F)F)nc12.COc1ccc(-c2nc(C(=O)NC3CN(c4ncccn4)C3)c([C@H](C)N)o2)c2ccc(C(F)(F)F)nc12.COc1ccc(-c2nc(C(=O)N[C@H]3CCN(c4ncccn4)C3)c([C@H](C)N)o2)c2ccc(C(F)(F)F)nc12. The van der Waals surface area contributed by atoms with Crippen LogP contribution in [0.4, 0.5) is 64.6 Å². The van der Waals surface area contributed by atoms with Crippen LogP contribution in [0.25, 0.3) is 89.4 Å². The van der Waals surface area contributed by atoms with E-state index in [9.17, 15) is 81.5 Å². The zero-order valence-electron chi connectivity index (χ0n) is 80.0. The van der Waals surface area contributed by atoms with E-state index in [0.717, 1.165) is 37.1 Å². The van der Waals surface area contributed by atoms with Crippen molar-refractivity contribution < 1.29 is 118 Å². The fourth-order valence-corrected chi connectivity index (χ4v) is 16.6. The molecule has 0 radical (unpaired) electrons. The summed E-state index contributed by atoms with van der Waals surface area (Å²) in [5.41, 5.74) is 21.1. The Morgan fingerprint density at radius 1 is 0.347 bits per heavy atom. The average molecular weight is 2050 g/mol. The number of halogens is 12. The van der Waals surface area contributed by atoms with Gasteiger partial charge in [-0.1, -0.05) is 13.8 Å². The Morgan fingerprint density at radius 3 is 0.878 bits per heavy atom. The van der Waals surface area contributed by atoms with Crippen molar-refractivity contribution in [3.63, 3.8) is 0 Å². The molecule has 38 nitrogen and oxygen atoms in total. The van der Waals surface area contributed by atoms with Gasteiger partial charge in [0.05, 0.1) is 70.7 Å². The maximum atomic E-state index is 13.3. The molecule has 147 heavy (non-hydrogen) atoms. The van der Waals surface area contributed by atoms with Crippen LogP contribution in [0.5, 0.6) is 23.0 Å². The summed E-state index contributed by atoms with van der Waals surface area (Å²) < 4.78 is 203. The summed E-state index contributed by atoms with van der Waals surface area (Å²) in [6.07, 6.45) is -9.43. The van der Waals surface area contributed by atoms with Gasteiger partial charge >= 0.3 is 24.7 Å². The number of oxazole rings is 4. The number of hydrogen-bond acceptors (Lipinski definition) is 32. The van der Waals surface area contributed by atoms with Gasteiger partial charge < -0.3 is 100 Å². The number of ether oxygens (including phenoxy) is 4. The van der Waals surface area contributed by atoms with Gasteiger partial charge in [0.25, 0.3) is 23.6 Å². The number of likely N-dealkylation sites (tertiary alicyclic amines) is 2. The van der Waals surface area contributed by atoms with E-state index >= 15 is 0 Å². The van der Waals surface area contributed by atoms with E-state index in [1.165, 1.54) is 77.0 Å². The highest BCUT2D eigenvalue weighted by molar-refractivity contribution is 6.03. The van der Waals surface area contributed by atoms with Crippen LogP contribution in [0, 0.1) is 11.8 Å². The van der Waals surface area contributed by atoms with Crippen molar-refractivity contribution in [2.45, 2.75) is 134 Å². The van der Waals surface area contributed by atoms with Gasteiger partial charge in [-0.3, -0.25) is 28.8 Å². The molecule has 5 fully saturated rings. The average Bonchev–Trinajstić information content (AvgIpc) is 1.65. The topological polar surface area (TPSA) is 512 Å². The van der Waals surface area contributed by atoms with Crippen LogP contribution in [0.3, 0.4) is 0 Å². The van der Waals surface area contributed by atoms with Crippen LogP contribution in [0.2, 0.25) is 0 Å². The summed E-state index contributed by atoms with van der Waals surface area (Å²) in [5.74, 6) is 0.533. The molecule has 4 saturated heterocycles. The normalized spacial score (nSPS) is 16.0. The Balaban J connectivity index is 0.000000140. The molecule has 14 heterocycles. The second-order valence-electron chi connectivity index (χ2n) is 35.5. The number of carbonyl (C=O) groups is 6. The molecule has 1 aliphatic carbocycles. The van der Waals surface area contributed by atoms with Gasteiger partial charge in [0.1, 0.15) is 67.8 Å². The summed E-state index contributed by atoms with van der Waals surface area (Å²) in [7, 11) is 5.34. The summed E-state index contributed by atoms with van der Waals surface area (Å²) in [5, 5.41) is 12.8. The molecule has 0 unspecified atom stereocenters. The van der Waals surface area contributed by atoms with E-state index in [1.807, 2.05) is 23.6 Å². The molecule has 19 rings (SSSR count). The molecule has 0 bridgehead atoms. The van der Waals surface area contributed by atoms with Crippen LogP contribution >= 0.6 is 0 Å². The number of nitrogens with one attached hydrogen (secondary N) is 4. The van der Waals surface area contributed by atoms with Gasteiger partial charge in [0.15, 0.2) is 45.8 Å². The molecule has 4 aliphatic heterocycles. The summed E-state index contributed by atoms with van der Waals surface area (Å²) in [6.45, 7) is 14.0. The van der Waals surface area contributed by atoms with Crippen molar-refractivity contribution in [2.75, 3.05) is 90.6 Å². The quantitative estimate of drug-likeness (QED) is 0.0260. The minimum atomic E-state index is -4.64. The van der Waals surface area contributed by atoms with E-state index in [4.69, 9.17) is 59.6 Å². The van der Waals surface area contributed by atoms with E-state index in [0.29, 0.717) is 114 Å². The second-order valence-corrected chi connectivity index (χ2v) is 35.5. The molecule has 50 heteroatoms. The van der Waals surface area contributed by atoms with Crippen LogP contribution in [-0.2, 0) is 34.3 Å². The molecular formula is C97H96F12N24O14. The zero-order valence-corrected chi connectivity index (χ0v) is 80.0. The molecule has 4 aromatic carbocycles. The number of pyridine rings is 4. The number of rotatable bonds is 24. The second kappa shape index (κ2) is 42.1. The van der Waals surface area contributed by atoms with Crippen molar-refractivity contribution in [3.05, 3.63) is 203 Å². The highest BCUT2D eigenvalue weighted by atomic mass is 19.4. The third-order valence-electron chi connectivity index (χ3n) is 24.3. The number of carbonyl (C=O) groups excluding carboxylic acids is 6. The van der Waals surface area contributed by atoms with Crippen molar-refractivity contribution >= 4 is 91.0 Å². The lowest BCUT2D eigenvalue weighted by molar-refractivity contribution is -0.141. The van der Waals surface area contributed by atoms with Gasteiger partial charge in [-0.2, -0.15) is 52.7 Å². The summed E-state index contributed by atoms with van der Waals surface area (Å²) >= 11 is 0. The first-order chi connectivity index (χ1) is 69.8. The van der Waals surface area contributed by atoms with Gasteiger partial charge in [0, 0.05) is 139 Å². The number of nitrogens with two attached hydrogens (primary N) is 4. The number of methoxy groups -OCH3 is 4. The molecule has 5 atom stereocenters. The van der Waals surface area contributed by atoms with Crippen LogP contribution < -0.4 is 72.9 Å². The lowest BCUT2D eigenvalue weighted by Crippen LogP contribution is -2.61. The minimum absolute atomic E-state index is 0.00301. The first-order valence-corrected chi connectivity index (χ1v) is 45.9. The van der Waals surface area contributed by atoms with E-state index in [1.54, 1.807) is 98.7 Å². The Kier molecular flexibility index (Phi) is 29.8. The standard InChI is InChI=1S/C25H24F3N7O3.C24H22F3N7O3.C24H24F3N5O4.C24H26F3N5O4/c1-13(29)21-20(22(36)32-14-8-11-35(12-14)24-30-9-3-10-31-24)34-23(38-21)16-4-6-17(37-2)19-15(16)5-7-18(33-19)25(26,27)28;1-12(28)20-19(21(35)31-13-10-34(11-13)23-29-8-3-9-30-23)33-22(37-20)15-4-6-16(36-2)18-14(15)5-7-17(32-18)24(25,26)27;1-11(28)20-19(21(33)29-13-9-32(10-13)23(34)12-3-4-12)31-22(36-20)15-5-7-16(35-2)18-14(15)6-8-17(30-18)24(25,26)27;1-11(2)23(34)32-9-13(10-32)29-21(33)19-20(12(3)28)36-22(31-19)15-5-7-16(35-4)18-14(15)6-8-17(30-18)24(25,26)27/h3-7,9-10,13-14H,8,11-12,29H2,1-2H3,(H,32,36);3-9,12-13H,10-11,28H2,1-2H3,(H,31,35);5-8,11-13H,3-4,9-10,28H2,1-2H3,(H,29,33);5-8,11-13H,9-10,28H2,1-4H3,(H,29,33)/t13-,14-;12-;11-;12-/m0000/s1. The van der Waals surface area contributed by atoms with E-state index < -0.39 is 95.3 Å². The van der Waals surface area contributed by atoms with Gasteiger partial charge in [-0.05, 0) is 156 Å².